The molecule has 0 aliphatic heterocycles. The van der Waals surface area contributed by atoms with Gasteiger partial charge in [0.05, 0.1) is 11.9 Å². The molecule has 0 saturated carbocycles. The summed E-state index contributed by atoms with van der Waals surface area (Å²) in [4.78, 5) is 14.8. The number of hydrazone groups is 1. The zero-order valence-electron chi connectivity index (χ0n) is 9.96. The lowest BCUT2D eigenvalue weighted by molar-refractivity contribution is 0.0929. The summed E-state index contributed by atoms with van der Waals surface area (Å²) >= 11 is 0. The van der Waals surface area contributed by atoms with Crippen molar-refractivity contribution in [1.29, 1.82) is 0 Å². The van der Waals surface area contributed by atoms with E-state index in [0.717, 1.165) is 11.1 Å². The number of H-pyrrole nitrogens is 1. The standard InChI is InChI=1S/C14H11N3O2/c18-14(17-16-9-11-5-3-7-15-11)13-8-10-4-1-2-6-12(10)19-13/h1-9,15H,(H,17,18)/b16-9+. The Labute approximate surface area is 108 Å². The zero-order valence-corrected chi connectivity index (χ0v) is 9.96. The van der Waals surface area contributed by atoms with Crippen LogP contribution in [0.1, 0.15) is 16.2 Å². The van der Waals surface area contributed by atoms with Crippen LogP contribution >= 0.6 is 0 Å². The Kier molecular flexibility index (Phi) is 2.86. The number of aromatic amines is 1. The van der Waals surface area contributed by atoms with E-state index in [-0.39, 0.29) is 11.7 Å². The number of nitrogens with zero attached hydrogens (tertiary/aromatic N) is 1. The summed E-state index contributed by atoms with van der Waals surface area (Å²) < 4.78 is 5.42. The zero-order chi connectivity index (χ0) is 13.1. The van der Waals surface area contributed by atoms with E-state index in [1.54, 1.807) is 12.3 Å². The SMILES string of the molecule is O=C(N/N=C/c1ccc[nH]1)c1cc2ccccc2o1. The van der Waals surface area contributed by atoms with Gasteiger partial charge >= 0.3 is 5.91 Å². The van der Waals surface area contributed by atoms with E-state index in [1.807, 2.05) is 36.4 Å². The lowest BCUT2D eigenvalue weighted by Gasteiger charge is -1.93. The first-order chi connectivity index (χ1) is 9.33. The molecule has 5 heteroatoms. The third-order valence-electron chi connectivity index (χ3n) is 2.64. The van der Waals surface area contributed by atoms with Gasteiger partial charge in [-0.25, -0.2) is 5.43 Å². The van der Waals surface area contributed by atoms with Crippen molar-refractivity contribution in [2.45, 2.75) is 0 Å². The number of carbonyl (C=O) groups is 1. The van der Waals surface area contributed by atoms with Gasteiger partial charge in [-0.3, -0.25) is 4.79 Å². The van der Waals surface area contributed by atoms with E-state index in [2.05, 4.69) is 15.5 Å². The summed E-state index contributed by atoms with van der Waals surface area (Å²) in [5.74, 6) is -0.135. The number of furan rings is 1. The maximum atomic E-state index is 11.8. The van der Waals surface area contributed by atoms with Gasteiger partial charge < -0.3 is 9.40 Å². The van der Waals surface area contributed by atoms with E-state index >= 15 is 0 Å². The van der Waals surface area contributed by atoms with Crippen LogP contribution in [0.25, 0.3) is 11.0 Å². The summed E-state index contributed by atoms with van der Waals surface area (Å²) in [6.45, 7) is 0. The smallest absolute Gasteiger partial charge is 0.307 e. The molecule has 5 nitrogen and oxygen atoms in total. The number of carbonyl (C=O) groups excluding carboxylic acids is 1. The van der Waals surface area contributed by atoms with Crippen molar-refractivity contribution < 1.29 is 9.21 Å². The Bertz CT molecular complexity index is 693. The molecule has 0 bridgehead atoms. The van der Waals surface area contributed by atoms with Gasteiger partial charge in [-0.05, 0) is 24.3 Å². The fraction of sp³-hybridized carbons (Fsp3) is 0. The average Bonchev–Trinajstić information content (AvgIpc) is 3.07. The first kappa shape index (κ1) is 11.3. The van der Waals surface area contributed by atoms with Crippen molar-refractivity contribution in [2.75, 3.05) is 0 Å². The van der Waals surface area contributed by atoms with Crippen LogP contribution in [0.4, 0.5) is 0 Å². The van der Waals surface area contributed by atoms with Crippen molar-refractivity contribution in [3.8, 4) is 0 Å². The molecule has 0 unspecified atom stereocenters. The summed E-state index contributed by atoms with van der Waals surface area (Å²) in [5, 5.41) is 4.73. The summed E-state index contributed by atoms with van der Waals surface area (Å²) in [5.41, 5.74) is 3.91. The lowest BCUT2D eigenvalue weighted by atomic mass is 10.2. The normalized spacial score (nSPS) is 11.2. The minimum absolute atomic E-state index is 0.241. The molecular formula is C14H11N3O2. The predicted octanol–water partition coefficient (Wildman–Crippen LogP) is 2.52. The van der Waals surface area contributed by atoms with Crippen LogP contribution in [0.3, 0.4) is 0 Å². The van der Waals surface area contributed by atoms with Crippen LogP contribution in [0, 0.1) is 0 Å². The number of nitrogens with one attached hydrogen (secondary N) is 2. The Morgan fingerprint density at radius 1 is 1.26 bits per heavy atom. The summed E-state index contributed by atoms with van der Waals surface area (Å²) in [6.07, 6.45) is 3.31. The van der Waals surface area contributed by atoms with Crippen LogP contribution in [0.5, 0.6) is 0 Å². The highest BCUT2D eigenvalue weighted by molar-refractivity contribution is 5.96. The predicted molar refractivity (Wildman–Crippen MR) is 72.1 cm³/mol. The van der Waals surface area contributed by atoms with Gasteiger partial charge in [0.25, 0.3) is 0 Å². The van der Waals surface area contributed by atoms with Gasteiger partial charge in [0, 0.05) is 11.6 Å². The molecule has 0 aliphatic rings. The van der Waals surface area contributed by atoms with Gasteiger partial charge in [-0.2, -0.15) is 5.10 Å². The van der Waals surface area contributed by atoms with E-state index in [0.29, 0.717) is 5.58 Å². The quantitative estimate of drug-likeness (QED) is 0.556. The topological polar surface area (TPSA) is 70.4 Å². The Hall–Kier alpha value is -2.82. The first-order valence-corrected chi connectivity index (χ1v) is 5.78. The number of amides is 1. The van der Waals surface area contributed by atoms with Gasteiger partial charge in [-0.15, -0.1) is 0 Å². The van der Waals surface area contributed by atoms with Crippen molar-refractivity contribution >= 4 is 23.1 Å². The maximum Gasteiger partial charge on any atom is 0.307 e. The third-order valence-corrected chi connectivity index (χ3v) is 2.64. The van der Waals surface area contributed by atoms with Crippen LogP contribution in [-0.2, 0) is 0 Å². The second-order valence-electron chi connectivity index (χ2n) is 3.97. The van der Waals surface area contributed by atoms with Crippen molar-refractivity contribution in [2.24, 2.45) is 5.10 Å². The minimum Gasteiger partial charge on any atom is -0.451 e. The highest BCUT2D eigenvalue weighted by Gasteiger charge is 2.10. The molecule has 0 fully saturated rings. The van der Waals surface area contributed by atoms with Gasteiger partial charge in [0.2, 0.25) is 0 Å². The Morgan fingerprint density at radius 3 is 2.95 bits per heavy atom. The second kappa shape index (κ2) is 4.81. The van der Waals surface area contributed by atoms with E-state index in [9.17, 15) is 4.79 Å². The molecular weight excluding hydrogens is 242 g/mol. The number of rotatable bonds is 3. The molecule has 2 aromatic heterocycles. The number of fused-ring (bicyclic) bond motifs is 1. The molecule has 0 radical (unpaired) electrons. The molecule has 3 aromatic rings. The molecule has 0 spiro atoms. The number of hydrogen-bond acceptors (Lipinski definition) is 3. The fourth-order valence-corrected chi connectivity index (χ4v) is 1.73. The molecule has 94 valence electrons. The van der Waals surface area contributed by atoms with Crippen LogP contribution in [0.15, 0.2) is 58.2 Å². The van der Waals surface area contributed by atoms with Crippen molar-refractivity contribution in [1.82, 2.24) is 10.4 Å². The molecule has 2 N–H and O–H groups in total. The molecule has 19 heavy (non-hydrogen) atoms. The molecule has 2 heterocycles. The minimum atomic E-state index is -0.376. The van der Waals surface area contributed by atoms with Crippen molar-refractivity contribution in [3.05, 3.63) is 60.1 Å². The van der Waals surface area contributed by atoms with Gasteiger partial charge in [0.1, 0.15) is 5.58 Å². The largest absolute Gasteiger partial charge is 0.451 e. The monoisotopic (exact) mass is 253 g/mol. The van der Waals surface area contributed by atoms with Gasteiger partial charge in [0.15, 0.2) is 5.76 Å². The summed E-state index contributed by atoms with van der Waals surface area (Å²) in [6, 6.07) is 12.8. The highest BCUT2D eigenvalue weighted by atomic mass is 16.3. The number of para-hydroxylation sites is 1. The maximum absolute atomic E-state index is 11.8. The van der Waals surface area contributed by atoms with E-state index < -0.39 is 0 Å². The van der Waals surface area contributed by atoms with Crippen LogP contribution < -0.4 is 5.43 Å². The first-order valence-electron chi connectivity index (χ1n) is 5.78. The highest BCUT2D eigenvalue weighted by Crippen LogP contribution is 2.18. The lowest BCUT2D eigenvalue weighted by Crippen LogP contribution is -2.16. The second-order valence-corrected chi connectivity index (χ2v) is 3.97. The molecule has 1 aromatic carbocycles. The number of hydrogen-bond donors (Lipinski definition) is 2. The Balaban J connectivity index is 1.73. The molecule has 0 aliphatic carbocycles. The number of benzene rings is 1. The molecule has 1 amide bonds. The molecule has 0 saturated heterocycles. The fourth-order valence-electron chi connectivity index (χ4n) is 1.73. The van der Waals surface area contributed by atoms with Crippen LogP contribution in [0.2, 0.25) is 0 Å². The van der Waals surface area contributed by atoms with Crippen molar-refractivity contribution in [3.63, 3.8) is 0 Å². The number of aromatic nitrogens is 1. The van der Waals surface area contributed by atoms with E-state index in [1.165, 1.54) is 6.21 Å². The van der Waals surface area contributed by atoms with Gasteiger partial charge in [-0.1, -0.05) is 18.2 Å². The van der Waals surface area contributed by atoms with E-state index in [4.69, 9.17) is 4.42 Å². The Morgan fingerprint density at radius 2 is 2.16 bits per heavy atom. The van der Waals surface area contributed by atoms with Crippen LogP contribution in [-0.4, -0.2) is 17.1 Å². The third kappa shape index (κ3) is 2.40. The average molecular weight is 253 g/mol. The summed E-state index contributed by atoms with van der Waals surface area (Å²) in [7, 11) is 0. The molecule has 3 rings (SSSR count). The molecule has 0 atom stereocenters.